The van der Waals surface area contributed by atoms with Crippen molar-refractivity contribution in [2.45, 2.75) is 56.7 Å². The van der Waals surface area contributed by atoms with Crippen LogP contribution in [0.2, 0.25) is 0 Å². The fourth-order valence-electron chi connectivity index (χ4n) is 3.97. The zero-order valence-corrected chi connectivity index (χ0v) is 25.7. The number of cyclic esters (lactones) is 1. The Balaban J connectivity index is 1.96. The Morgan fingerprint density at radius 2 is 1.88 bits per heavy atom. The smallest absolute Gasteiger partial charge is 0.329 e. The minimum atomic E-state index is -1.20. The number of amides is 3. The topological polar surface area (TPSA) is 164 Å². The molecule has 2 aromatic rings. The van der Waals surface area contributed by atoms with Gasteiger partial charge < -0.3 is 25.8 Å². The van der Waals surface area contributed by atoms with E-state index in [-0.39, 0.29) is 41.6 Å². The van der Waals surface area contributed by atoms with Crippen molar-refractivity contribution in [3.05, 3.63) is 77.3 Å². The van der Waals surface area contributed by atoms with Gasteiger partial charge in [0.15, 0.2) is 5.12 Å². The van der Waals surface area contributed by atoms with Gasteiger partial charge in [-0.3, -0.25) is 19.2 Å². The summed E-state index contributed by atoms with van der Waals surface area (Å²) >= 11 is 2.55. The molecular formula is C30H34N4O7S2. The van der Waals surface area contributed by atoms with E-state index in [9.17, 15) is 29.1 Å². The summed E-state index contributed by atoms with van der Waals surface area (Å²) < 4.78 is 5.73. The van der Waals surface area contributed by atoms with Gasteiger partial charge in [0, 0.05) is 24.0 Å². The molecule has 2 heterocycles. The SMILES string of the molecule is C/C=C1\NC(=O)c2cc(SC)cc(n2)CNC(=O)C[C@@H](/C=C/CCSC(C)=O)OC(=O)[C@H](Cc2ccc(O)cc2)NC1=O. The second-order valence-electron chi connectivity index (χ2n) is 9.45. The van der Waals surface area contributed by atoms with Crippen molar-refractivity contribution >= 4 is 52.3 Å². The van der Waals surface area contributed by atoms with Gasteiger partial charge >= 0.3 is 5.97 Å². The summed E-state index contributed by atoms with van der Waals surface area (Å²) in [5, 5.41) is 17.6. The normalized spacial score (nSPS) is 19.5. The van der Waals surface area contributed by atoms with E-state index in [0.717, 1.165) is 16.7 Å². The summed E-state index contributed by atoms with van der Waals surface area (Å²) in [4.78, 5) is 69.1. The number of fused-ring (bicyclic) bond motifs is 2. The van der Waals surface area contributed by atoms with Crippen LogP contribution in [0.15, 0.2) is 65.2 Å². The van der Waals surface area contributed by atoms with E-state index in [1.54, 1.807) is 43.3 Å². The maximum Gasteiger partial charge on any atom is 0.329 e. The highest BCUT2D eigenvalue weighted by atomic mass is 32.2. The number of nitrogens with zero attached hydrogens (tertiary/aromatic N) is 1. The molecule has 3 rings (SSSR count). The Kier molecular flexibility index (Phi) is 12.8. The number of ether oxygens (including phenoxy) is 1. The van der Waals surface area contributed by atoms with E-state index in [4.69, 9.17) is 4.74 Å². The number of benzene rings is 1. The molecule has 11 nitrogen and oxygen atoms in total. The largest absolute Gasteiger partial charge is 0.508 e. The number of hydrogen-bond donors (Lipinski definition) is 4. The number of aromatic nitrogens is 1. The summed E-state index contributed by atoms with van der Waals surface area (Å²) in [6.07, 6.45) is 5.90. The van der Waals surface area contributed by atoms with Crippen molar-refractivity contribution in [2.24, 2.45) is 0 Å². The number of carbonyl (C=O) groups is 5. The first-order chi connectivity index (χ1) is 20.6. The van der Waals surface area contributed by atoms with Crippen LogP contribution < -0.4 is 16.0 Å². The molecular weight excluding hydrogens is 592 g/mol. The Labute approximate surface area is 258 Å². The molecule has 2 atom stereocenters. The minimum Gasteiger partial charge on any atom is -0.508 e. The van der Waals surface area contributed by atoms with Crippen LogP contribution in [0.1, 0.15) is 48.4 Å². The molecule has 3 amide bonds. The van der Waals surface area contributed by atoms with Crippen molar-refractivity contribution in [3.8, 4) is 5.75 Å². The molecule has 0 aliphatic carbocycles. The predicted molar refractivity (Wildman–Crippen MR) is 164 cm³/mol. The summed E-state index contributed by atoms with van der Waals surface area (Å²) in [7, 11) is 0. The number of esters is 1. The second kappa shape index (κ2) is 16.5. The molecule has 13 heteroatoms. The van der Waals surface area contributed by atoms with Crippen molar-refractivity contribution in [3.63, 3.8) is 0 Å². The average Bonchev–Trinajstić information content (AvgIpc) is 2.98. The number of aromatic hydroxyl groups is 1. The third-order valence-corrected chi connectivity index (χ3v) is 7.68. The highest BCUT2D eigenvalue weighted by Gasteiger charge is 2.28. The Morgan fingerprint density at radius 3 is 2.56 bits per heavy atom. The van der Waals surface area contributed by atoms with Gasteiger partial charge in [0.05, 0.1) is 18.7 Å². The van der Waals surface area contributed by atoms with Crippen molar-refractivity contribution in [1.82, 2.24) is 20.9 Å². The van der Waals surface area contributed by atoms with E-state index >= 15 is 0 Å². The summed E-state index contributed by atoms with van der Waals surface area (Å²) in [5.41, 5.74) is 1.02. The maximum atomic E-state index is 13.5. The monoisotopic (exact) mass is 626 g/mol. The molecule has 4 N–H and O–H groups in total. The van der Waals surface area contributed by atoms with Gasteiger partial charge in [-0.05, 0) is 55.5 Å². The van der Waals surface area contributed by atoms with Crippen LogP contribution in [-0.4, -0.2) is 63.1 Å². The van der Waals surface area contributed by atoms with Crippen molar-refractivity contribution in [1.29, 1.82) is 0 Å². The molecule has 0 unspecified atom stereocenters. The Morgan fingerprint density at radius 1 is 1.14 bits per heavy atom. The maximum absolute atomic E-state index is 13.5. The van der Waals surface area contributed by atoms with Crippen LogP contribution >= 0.6 is 23.5 Å². The molecule has 0 radical (unpaired) electrons. The third-order valence-electron chi connectivity index (χ3n) is 6.13. The predicted octanol–water partition coefficient (Wildman–Crippen LogP) is 3.03. The lowest BCUT2D eigenvalue weighted by molar-refractivity contribution is -0.151. The van der Waals surface area contributed by atoms with E-state index in [1.165, 1.54) is 36.9 Å². The van der Waals surface area contributed by atoms with Crippen LogP contribution in [0.4, 0.5) is 0 Å². The number of rotatable bonds is 7. The van der Waals surface area contributed by atoms with Gasteiger partial charge in [0.2, 0.25) is 5.91 Å². The van der Waals surface area contributed by atoms with Gasteiger partial charge in [0.1, 0.15) is 29.3 Å². The van der Waals surface area contributed by atoms with Gasteiger partial charge in [-0.25, -0.2) is 9.78 Å². The molecule has 1 aliphatic heterocycles. The van der Waals surface area contributed by atoms with Crippen LogP contribution in [0, 0.1) is 0 Å². The third kappa shape index (κ3) is 10.9. The van der Waals surface area contributed by atoms with E-state index in [1.807, 2.05) is 6.26 Å². The first kappa shape index (κ1) is 33.4. The fourth-order valence-corrected chi connectivity index (χ4v) is 5.00. The zero-order chi connectivity index (χ0) is 31.4. The zero-order valence-electron chi connectivity index (χ0n) is 24.0. The first-order valence-electron chi connectivity index (χ1n) is 13.5. The molecule has 2 bridgehead atoms. The van der Waals surface area contributed by atoms with Gasteiger partial charge in [-0.2, -0.15) is 0 Å². The lowest BCUT2D eigenvalue weighted by Crippen LogP contribution is -2.47. The number of pyridine rings is 1. The number of allylic oxidation sites excluding steroid dienone is 2. The Hall–Kier alpha value is -4.10. The molecule has 1 aromatic carbocycles. The number of phenolic OH excluding ortho intramolecular Hbond substituents is 1. The molecule has 1 aromatic heterocycles. The van der Waals surface area contributed by atoms with E-state index in [0.29, 0.717) is 23.4 Å². The van der Waals surface area contributed by atoms with Gasteiger partial charge in [-0.15, -0.1) is 11.8 Å². The van der Waals surface area contributed by atoms with E-state index < -0.39 is 35.8 Å². The molecule has 0 fully saturated rings. The van der Waals surface area contributed by atoms with Crippen LogP contribution in [0.3, 0.4) is 0 Å². The summed E-state index contributed by atoms with van der Waals surface area (Å²) in [5.74, 6) is -2.03. The van der Waals surface area contributed by atoms with Crippen LogP contribution in [0.25, 0.3) is 0 Å². The van der Waals surface area contributed by atoms with Crippen LogP contribution in [-0.2, 0) is 36.9 Å². The molecule has 0 spiro atoms. The lowest BCUT2D eigenvalue weighted by Gasteiger charge is -2.22. The number of phenols is 1. The number of nitrogens with one attached hydrogen (secondary N) is 3. The number of carbonyl (C=O) groups excluding carboxylic acids is 5. The first-order valence-corrected chi connectivity index (χ1v) is 15.7. The molecule has 43 heavy (non-hydrogen) atoms. The van der Waals surface area contributed by atoms with E-state index in [2.05, 4.69) is 20.9 Å². The molecule has 0 saturated carbocycles. The number of thioether (sulfide) groups is 2. The standard InChI is InChI=1S/C30H34N4O7S2/c1-4-24-28(38)34-26(13-19-8-10-21(36)11-9-19)30(40)41-22(7-5-6-12-43-18(2)35)15-27(37)31-17-20-14-23(42-3)16-25(32-20)29(39)33-24/h4-5,7-11,14,16,22,26,36H,6,12-13,15,17H2,1-3H3,(H,31,37)(H,33,39)(H,34,38)/b7-5+,24-4-/t22-,26+/m1/s1. The van der Waals surface area contributed by atoms with Crippen LogP contribution in [0.5, 0.6) is 5.75 Å². The lowest BCUT2D eigenvalue weighted by atomic mass is 10.1. The quantitative estimate of drug-likeness (QED) is 0.118. The molecule has 1 aliphatic rings. The van der Waals surface area contributed by atoms with Gasteiger partial charge in [0.25, 0.3) is 11.8 Å². The summed E-state index contributed by atoms with van der Waals surface area (Å²) in [6.45, 7) is 3.06. The molecule has 228 valence electrons. The highest BCUT2D eigenvalue weighted by molar-refractivity contribution is 8.13. The van der Waals surface area contributed by atoms with Crippen molar-refractivity contribution in [2.75, 3.05) is 12.0 Å². The highest BCUT2D eigenvalue weighted by Crippen LogP contribution is 2.18. The average molecular weight is 627 g/mol. The minimum absolute atomic E-state index is 0.00829. The van der Waals surface area contributed by atoms with Gasteiger partial charge in [-0.1, -0.05) is 36.0 Å². The van der Waals surface area contributed by atoms with Crippen molar-refractivity contribution < 1.29 is 33.8 Å². The fraction of sp³-hybridized carbons (Fsp3) is 0.333. The molecule has 0 saturated heterocycles. The number of hydrogen-bond acceptors (Lipinski definition) is 10. The summed E-state index contributed by atoms with van der Waals surface area (Å²) in [6, 6.07) is 8.23. The second-order valence-corrected chi connectivity index (χ2v) is 11.6. The Bertz CT molecular complexity index is 1410.